The molecule has 3 heterocycles. The van der Waals surface area contributed by atoms with E-state index in [2.05, 4.69) is 4.98 Å². The molecule has 2 atom stereocenters. The van der Waals surface area contributed by atoms with Gasteiger partial charge in [-0.2, -0.15) is 0 Å². The maximum Gasteiger partial charge on any atom is 0.229 e. The van der Waals surface area contributed by atoms with Gasteiger partial charge in [0.25, 0.3) is 0 Å². The van der Waals surface area contributed by atoms with Crippen LogP contribution in [0.2, 0.25) is 0 Å². The monoisotopic (exact) mass is 339 g/mol. The molecule has 4 rings (SSSR count). The number of pyridine rings is 1. The van der Waals surface area contributed by atoms with Gasteiger partial charge in [-0.3, -0.25) is 14.6 Å². The Hall–Kier alpha value is -2.76. The highest BCUT2D eigenvalue weighted by Crippen LogP contribution is 2.35. The zero-order chi connectivity index (χ0) is 17.4. The van der Waals surface area contributed by atoms with Gasteiger partial charge in [-0.25, -0.2) is 4.39 Å². The second-order valence-electron chi connectivity index (χ2n) is 6.49. The van der Waals surface area contributed by atoms with Gasteiger partial charge in [-0.05, 0) is 36.2 Å². The number of carbonyl (C=O) groups excluding carboxylic acids is 2. The number of aromatic nitrogens is 1. The summed E-state index contributed by atoms with van der Waals surface area (Å²) in [5.41, 5.74) is 1.57. The van der Waals surface area contributed by atoms with E-state index in [1.165, 1.54) is 12.1 Å². The molecule has 0 unspecified atom stereocenters. The summed E-state index contributed by atoms with van der Waals surface area (Å²) >= 11 is 0. The van der Waals surface area contributed by atoms with Gasteiger partial charge in [0.15, 0.2) is 0 Å². The first kappa shape index (κ1) is 15.7. The second kappa shape index (κ2) is 6.27. The molecule has 0 spiro atoms. The maximum absolute atomic E-state index is 13.0. The van der Waals surface area contributed by atoms with E-state index in [4.69, 9.17) is 0 Å². The number of halogens is 1. The Labute approximate surface area is 145 Å². The van der Waals surface area contributed by atoms with Crippen molar-refractivity contribution >= 4 is 17.5 Å². The third-order valence-electron chi connectivity index (χ3n) is 5.01. The maximum atomic E-state index is 13.0. The lowest BCUT2D eigenvalue weighted by Crippen LogP contribution is -2.40. The molecule has 6 heteroatoms. The average Bonchev–Trinajstić information content (AvgIpc) is 3.15. The highest BCUT2D eigenvalue weighted by atomic mass is 19.1. The number of hydrogen-bond donors (Lipinski definition) is 0. The molecular formula is C19H18FN3O2. The summed E-state index contributed by atoms with van der Waals surface area (Å²) in [7, 11) is 0. The van der Waals surface area contributed by atoms with E-state index in [0.29, 0.717) is 13.0 Å². The van der Waals surface area contributed by atoms with Crippen LogP contribution in [-0.2, 0) is 16.0 Å². The Morgan fingerprint density at radius 1 is 1.20 bits per heavy atom. The molecule has 2 aliphatic heterocycles. The number of fused-ring (bicyclic) bond motifs is 1. The van der Waals surface area contributed by atoms with Crippen molar-refractivity contribution < 1.29 is 14.0 Å². The Morgan fingerprint density at radius 3 is 2.72 bits per heavy atom. The predicted octanol–water partition coefficient (Wildman–Crippen LogP) is 2.17. The summed E-state index contributed by atoms with van der Waals surface area (Å²) < 4.78 is 13.0. The summed E-state index contributed by atoms with van der Waals surface area (Å²) in [6, 6.07) is 9.57. The molecule has 1 aromatic carbocycles. The van der Waals surface area contributed by atoms with E-state index >= 15 is 0 Å². The fourth-order valence-corrected chi connectivity index (χ4v) is 3.87. The van der Waals surface area contributed by atoms with Crippen LogP contribution in [0.25, 0.3) is 0 Å². The number of nitrogens with zero attached hydrogens (tertiary/aromatic N) is 3. The minimum Gasteiger partial charge on any atom is -0.337 e. The normalized spacial score (nSPS) is 22.4. The number of anilines is 1. The molecule has 128 valence electrons. The lowest BCUT2D eigenvalue weighted by molar-refractivity contribution is -0.131. The molecule has 0 bridgehead atoms. The molecule has 2 amide bonds. The Morgan fingerprint density at radius 2 is 2.00 bits per heavy atom. The van der Waals surface area contributed by atoms with Crippen molar-refractivity contribution in [2.45, 2.75) is 31.3 Å². The number of rotatable bonds is 3. The van der Waals surface area contributed by atoms with Crippen LogP contribution in [-0.4, -0.2) is 40.3 Å². The predicted molar refractivity (Wildman–Crippen MR) is 90.4 cm³/mol. The van der Waals surface area contributed by atoms with E-state index < -0.39 is 0 Å². The van der Waals surface area contributed by atoms with Crippen molar-refractivity contribution in [3.63, 3.8) is 0 Å². The van der Waals surface area contributed by atoms with Crippen LogP contribution in [0.1, 0.15) is 18.4 Å². The van der Waals surface area contributed by atoms with Gasteiger partial charge in [0.2, 0.25) is 11.8 Å². The molecule has 2 aliphatic rings. The SMILES string of the molecule is O=C(Cc1ccc(F)cc1)N1CC[C@H]2[C@H]1CC(=O)N2c1cccnc1. The quantitative estimate of drug-likeness (QED) is 0.861. The van der Waals surface area contributed by atoms with Gasteiger partial charge < -0.3 is 9.80 Å². The molecule has 0 aliphatic carbocycles. The molecular weight excluding hydrogens is 321 g/mol. The van der Waals surface area contributed by atoms with Crippen LogP contribution in [0.15, 0.2) is 48.8 Å². The Bertz CT molecular complexity index is 794. The zero-order valence-corrected chi connectivity index (χ0v) is 13.6. The molecule has 0 saturated carbocycles. The Balaban J connectivity index is 1.50. The van der Waals surface area contributed by atoms with Gasteiger partial charge >= 0.3 is 0 Å². The number of likely N-dealkylation sites (tertiary alicyclic amines) is 1. The molecule has 0 N–H and O–H groups in total. The van der Waals surface area contributed by atoms with Crippen molar-refractivity contribution in [3.05, 3.63) is 60.2 Å². The minimum atomic E-state index is -0.314. The van der Waals surface area contributed by atoms with Crippen LogP contribution in [0.3, 0.4) is 0 Å². The van der Waals surface area contributed by atoms with Gasteiger partial charge in [-0.15, -0.1) is 0 Å². The number of carbonyl (C=O) groups is 2. The van der Waals surface area contributed by atoms with Gasteiger partial charge in [0.05, 0.1) is 30.4 Å². The molecule has 1 aromatic heterocycles. The average molecular weight is 339 g/mol. The van der Waals surface area contributed by atoms with Crippen LogP contribution in [0.5, 0.6) is 0 Å². The van der Waals surface area contributed by atoms with Crippen LogP contribution < -0.4 is 4.90 Å². The smallest absolute Gasteiger partial charge is 0.229 e. The van der Waals surface area contributed by atoms with E-state index in [-0.39, 0.29) is 36.1 Å². The van der Waals surface area contributed by atoms with Gasteiger partial charge in [-0.1, -0.05) is 12.1 Å². The highest BCUT2D eigenvalue weighted by molar-refractivity contribution is 5.98. The van der Waals surface area contributed by atoms with Crippen molar-refractivity contribution in [1.29, 1.82) is 0 Å². The fraction of sp³-hybridized carbons (Fsp3) is 0.316. The number of amides is 2. The van der Waals surface area contributed by atoms with Crippen molar-refractivity contribution in [2.75, 3.05) is 11.4 Å². The summed E-state index contributed by atoms with van der Waals surface area (Å²) in [5, 5.41) is 0. The third-order valence-corrected chi connectivity index (χ3v) is 5.01. The summed E-state index contributed by atoms with van der Waals surface area (Å²) in [6.07, 6.45) is 4.69. The van der Waals surface area contributed by atoms with Crippen molar-refractivity contribution in [3.8, 4) is 0 Å². The molecule has 25 heavy (non-hydrogen) atoms. The summed E-state index contributed by atoms with van der Waals surface area (Å²) in [5.74, 6) is -0.298. The van der Waals surface area contributed by atoms with E-state index in [1.807, 2.05) is 17.0 Å². The third kappa shape index (κ3) is 2.88. The topological polar surface area (TPSA) is 53.5 Å². The lowest BCUT2D eigenvalue weighted by Gasteiger charge is -2.25. The first-order chi connectivity index (χ1) is 12.1. The van der Waals surface area contributed by atoms with Crippen molar-refractivity contribution in [2.24, 2.45) is 0 Å². The van der Waals surface area contributed by atoms with Gasteiger partial charge in [0, 0.05) is 19.2 Å². The number of hydrogen-bond acceptors (Lipinski definition) is 3. The van der Waals surface area contributed by atoms with E-state index in [9.17, 15) is 14.0 Å². The van der Waals surface area contributed by atoms with E-state index in [0.717, 1.165) is 17.7 Å². The standard InChI is InChI=1S/C19H18FN3O2/c20-14-5-3-13(4-6-14)10-18(24)22-9-7-16-17(22)11-19(25)23(16)15-2-1-8-21-12-15/h1-6,8,12,16-17H,7,9-11H2/t16-,17+/m0/s1. The lowest BCUT2D eigenvalue weighted by atomic mass is 10.1. The van der Waals surface area contributed by atoms with Crippen molar-refractivity contribution in [1.82, 2.24) is 9.88 Å². The largest absolute Gasteiger partial charge is 0.337 e. The Kier molecular flexibility index (Phi) is 3.95. The fourth-order valence-electron chi connectivity index (χ4n) is 3.87. The van der Waals surface area contributed by atoms with Crippen LogP contribution in [0, 0.1) is 5.82 Å². The second-order valence-corrected chi connectivity index (χ2v) is 6.49. The first-order valence-corrected chi connectivity index (χ1v) is 8.39. The molecule has 2 fully saturated rings. The highest BCUT2D eigenvalue weighted by Gasteiger charge is 2.48. The van der Waals surface area contributed by atoms with Crippen LogP contribution in [0.4, 0.5) is 10.1 Å². The molecule has 2 aromatic rings. The summed E-state index contributed by atoms with van der Waals surface area (Å²) in [6.45, 7) is 0.638. The summed E-state index contributed by atoms with van der Waals surface area (Å²) in [4.78, 5) is 32.8. The number of benzene rings is 1. The van der Waals surface area contributed by atoms with E-state index in [1.54, 1.807) is 29.4 Å². The molecule has 0 radical (unpaired) electrons. The minimum absolute atomic E-state index is 0.00821. The van der Waals surface area contributed by atoms with Crippen LogP contribution >= 0.6 is 0 Å². The first-order valence-electron chi connectivity index (χ1n) is 8.39. The zero-order valence-electron chi connectivity index (χ0n) is 13.6. The van der Waals surface area contributed by atoms with Gasteiger partial charge in [0.1, 0.15) is 5.82 Å². The molecule has 5 nitrogen and oxygen atoms in total. The molecule has 2 saturated heterocycles.